The molecule has 0 aromatic rings. The van der Waals surface area contributed by atoms with E-state index in [2.05, 4.69) is 5.32 Å². The van der Waals surface area contributed by atoms with Gasteiger partial charge in [-0.25, -0.2) is 0 Å². The van der Waals surface area contributed by atoms with Gasteiger partial charge in [0.15, 0.2) is 0 Å². The first-order valence-electron chi connectivity index (χ1n) is 3.89. The number of carbonyl (C=O) groups excluding carboxylic acids is 1. The van der Waals surface area contributed by atoms with Crippen molar-refractivity contribution in [3.63, 3.8) is 0 Å². The summed E-state index contributed by atoms with van der Waals surface area (Å²) in [6, 6.07) is -0.609. The standard InChI is InChI=1S/C7H12N2O3/c1-2-9-4-5(7(11)12)8-3-6(9)10/h5,8H,2-4H2,1H3,(H,11,12). The molecule has 68 valence electrons. The molecule has 5 heteroatoms. The summed E-state index contributed by atoms with van der Waals surface area (Å²) in [5.74, 6) is -0.934. The Morgan fingerprint density at radius 3 is 3.00 bits per heavy atom. The fourth-order valence-corrected chi connectivity index (χ4v) is 1.18. The molecule has 0 aromatic heterocycles. The molecule has 12 heavy (non-hydrogen) atoms. The minimum Gasteiger partial charge on any atom is -0.480 e. The van der Waals surface area contributed by atoms with Crippen LogP contribution in [-0.2, 0) is 9.59 Å². The van der Waals surface area contributed by atoms with Crippen LogP contribution in [0, 0.1) is 0 Å². The Kier molecular flexibility index (Phi) is 2.65. The van der Waals surface area contributed by atoms with Gasteiger partial charge >= 0.3 is 5.97 Å². The minimum absolute atomic E-state index is 0.0324. The summed E-state index contributed by atoms with van der Waals surface area (Å²) in [5, 5.41) is 11.3. The van der Waals surface area contributed by atoms with Gasteiger partial charge in [-0.05, 0) is 6.92 Å². The lowest BCUT2D eigenvalue weighted by Crippen LogP contribution is -2.56. The Bertz CT molecular complexity index is 205. The van der Waals surface area contributed by atoms with E-state index < -0.39 is 12.0 Å². The zero-order valence-electron chi connectivity index (χ0n) is 6.91. The van der Waals surface area contributed by atoms with Crippen molar-refractivity contribution in [3.8, 4) is 0 Å². The molecule has 2 N–H and O–H groups in total. The van der Waals surface area contributed by atoms with Crippen LogP contribution in [0.15, 0.2) is 0 Å². The first kappa shape index (κ1) is 8.99. The number of nitrogens with zero attached hydrogens (tertiary/aromatic N) is 1. The average Bonchev–Trinajstić information content (AvgIpc) is 2.05. The SMILES string of the molecule is CCN1CC(C(=O)O)NCC1=O. The lowest BCUT2D eigenvalue weighted by Gasteiger charge is -2.30. The second-order valence-corrected chi connectivity index (χ2v) is 2.70. The quantitative estimate of drug-likeness (QED) is 0.554. The van der Waals surface area contributed by atoms with Crippen LogP contribution in [0.3, 0.4) is 0 Å². The molecule has 0 spiro atoms. The van der Waals surface area contributed by atoms with Crippen LogP contribution in [-0.4, -0.2) is 47.6 Å². The third-order valence-corrected chi connectivity index (χ3v) is 1.94. The molecule has 1 rings (SSSR count). The van der Waals surface area contributed by atoms with Crippen molar-refractivity contribution in [3.05, 3.63) is 0 Å². The van der Waals surface area contributed by atoms with Gasteiger partial charge in [-0.15, -0.1) is 0 Å². The first-order chi connectivity index (χ1) is 5.65. The van der Waals surface area contributed by atoms with Gasteiger partial charge < -0.3 is 10.0 Å². The van der Waals surface area contributed by atoms with Crippen LogP contribution in [0.2, 0.25) is 0 Å². The normalized spacial score (nSPS) is 24.2. The summed E-state index contributed by atoms with van der Waals surface area (Å²) >= 11 is 0. The Morgan fingerprint density at radius 2 is 2.50 bits per heavy atom. The van der Waals surface area contributed by atoms with Crippen LogP contribution < -0.4 is 5.32 Å². The highest BCUT2D eigenvalue weighted by molar-refractivity contribution is 5.83. The second kappa shape index (κ2) is 3.53. The number of likely N-dealkylation sites (N-methyl/N-ethyl adjacent to an activating group) is 1. The molecule has 1 aliphatic rings. The molecule has 1 atom stereocenters. The van der Waals surface area contributed by atoms with Crippen LogP contribution in [0.25, 0.3) is 0 Å². The van der Waals surface area contributed by atoms with E-state index >= 15 is 0 Å². The molecule has 1 amide bonds. The summed E-state index contributed by atoms with van der Waals surface area (Å²) in [6.45, 7) is 2.81. The maximum absolute atomic E-state index is 11.1. The van der Waals surface area contributed by atoms with E-state index in [1.807, 2.05) is 6.92 Å². The Balaban J connectivity index is 2.55. The molecule has 1 aliphatic heterocycles. The van der Waals surface area contributed by atoms with E-state index in [1.165, 1.54) is 4.90 Å². The summed E-state index contributed by atoms with van der Waals surface area (Å²) in [5.41, 5.74) is 0. The predicted octanol–water partition coefficient (Wildman–Crippen LogP) is -1.11. The number of hydrogen-bond donors (Lipinski definition) is 2. The molecular formula is C7H12N2O3. The fraction of sp³-hybridized carbons (Fsp3) is 0.714. The van der Waals surface area contributed by atoms with Gasteiger partial charge in [0.2, 0.25) is 5.91 Å². The highest BCUT2D eigenvalue weighted by atomic mass is 16.4. The number of carbonyl (C=O) groups is 2. The van der Waals surface area contributed by atoms with Gasteiger partial charge in [-0.2, -0.15) is 0 Å². The van der Waals surface area contributed by atoms with Gasteiger partial charge in [0.1, 0.15) is 6.04 Å². The highest BCUT2D eigenvalue weighted by Gasteiger charge is 2.28. The Hall–Kier alpha value is -1.10. The zero-order valence-corrected chi connectivity index (χ0v) is 6.91. The monoisotopic (exact) mass is 172 g/mol. The smallest absolute Gasteiger partial charge is 0.322 e. The zero-order chi connectivity index (χ0) is 9.14. The molecule has 0 saturated carbocycles. The van der Waals surface area contributed by atoms with Crippen molar-refractivity contribution in [2.75, 3.05) is 19.6 Å². The van der Waals surface area contributed by atoms with Crippen LogP contribution in [0.1, 0.15) is 6.92 Å². The Labute approximate surface area is 70.4 Å². The predicted molar refractivity (Wildman–Crippen MR) is 41.7 cm³/mol. The summed E-state index contributed by atoms with van der Waals surface area (Å²) in [6.07, 6.45) is 0. The molecule has 0 aromatic carbocycles. The number of carboxylic acid groups (broad SMARTS) is 1. The van der Waals surface area contributed by atoms with E-state index in [1.54, 1.807) is 0 Å². The second-order valence-electron chi connectivity index (χ2n) is 2.70. The Morgan fingerprint density at radius 1 is 1.83 bits per heavy atom. The number of aliphatic carboxylic acids is 1. The van der Waals surface area contributed by atoms with E-state index in [-0.39, 0.29) is 19.0 Å². The van der Waals surface area contributed by atoms with Gasteiger partial charge in [0, 0.05) is 13.1 Å². The van der Waals surface area contributed by atoms with E-state index in [4.69, 9.17) is 5.11 Å². The third-order valence-electron chi connectivity index (χ3n) is 1.94. The van der Waals surface area contributed by atoms with Crippen molar-refractivity contribution in [1.82, 2.24) is 10.2 Å². The number of rotatable bonds is 2. The highest BCUT2D eigenvalue weighted by Crippen LogP contribution is 1.99. The molecule has 1 heterocycles. The van der Waals surface area contributed by atoms with Gasteiger partial charge in [0.25, 0.3) is 0 Å². The maximum atomic E-state index is 11.1. The van der Waals surface area contributed by atoms with E-state index in [9.17, 15) is 9.59 Å². The maximum Gasteiger partial charge on any atom is 0.322 e. The van der Waals surface area contributed by atoms with Crippen LogP contribution >= 0.6 is 0 Å². The van der Waals surface area contributed by atoms with Gasteiger partial charge in [-0.3, -0.25) is 14.9 Å². The fourth-order valence-electron chi connectivity index (χ4n) is 1.18. The van der Waals surface area contributed by atoms with Crippen molar-refractivity contribution < 1.29 is 14.7 Å². The first-order valence-corrected chi connectivity index (χ1v) is 3.89. The summed E-state index contributed by atoms with van der Waals surface area (Å²) < 4.78 is 0. The van der Waals surface area contributed by atoms with Crippen molar-refractivity contribution in [2.45, 2.75) is 13.0 Å². The minimum atomic E-state index is -0.902. The average molecular weight is 172 g/mol. The molecule has 1 saturated heterocycles. The van der Waals surface area contributed by atoms with Crippen molar-refractivity contribution in [1.29, 1.82) is 0 Å². The van der Waals surface area contributed by atoms with Crippen molar-refractivity contribution >= 4 is 11.9 Å². The lowest BCUT2D eigenvalue weighted by atomic mass is 10.2. The molecule has 1 fully saturated rings. The van der Waals surface area contributed by atoms with E-state index in [0.29, 0.717) is 6.54 Å². The summed E-state index contributed by atoms with van der Waals surface area (Å²) in [7, 11) is 0. The lowest BCUT2D eigenvalue weighted by molar-refractivity contribution is -0.143. The molecule has 5 nitrogen and oxygen atoms in total. The van der Waals surface area contributed by atoms with Gasteiger partial charge in [-0.1, -0.05) is 0 Å². The number of hydrogen-bond acceptors (Lipinski definition) is 3. The van der Waals surface area contributed by atoms with Crippen LogP contribution in [0.5, 0.6) is 0 Å². The molecular weight excluding hydrogens is 160 g/mol. The number of nitrogens with one attached hydrogen (secondary N) is 1. The molecule has 0 aliphatic carbocycles. The van der Waals surface area contributed by atoms with Crippen LogP contribution in [0.4, 0.5) is 0 Å². The third kappa shape index (κ3) is 1.73. The summed E-state index contributed by atoms with van der Waals surface area (Å²) in [4.78, 5) is 23.1. The molecule has 1 unspecified atom stereocenters. The number of piperazine rings is 1. The number of amides is 1. The van der Waals surface area contributed by atoms with Crippen molar-refractivity contribution in [2.24, 2.45) is 0 Å². The topological polar surface area (TPSA) is 69.6 Å². The van der Waals surface area contributed by atoms with E-state index in [0.717, 1.165) is 0 Å². The molecule has 0 radical (unpaired) electrons. The van der Waals surface area contributed by atoms with Gasteiger partial charge in [0.05, 0.1) is 6.54 Å². The largest absolute Gasteiger partial charge is 0.480 e. The number of carboxylic acids is 1. The molecule has 0 bridgehead atoms.